The van der Waals surface area contributed by atoms with Gasteiger partial charge in [-0.15, -0.1) is 0 Å². The first-order chi connectivity index (χ1) is 14.7. The van der Waals surface area contributed by atoms with Crippen molar-refractivity contribution in [2.24, 2.45) is 0 Å². The van der Waals surface area contributed by atoms with Crippen LogP contribution in [0.3, 0.4) is 0 Å². The predicted molar refractivity (Wildman–Crippen MR) is 119 cm³/mol. The van der Waals surface area contributed by atoms with E-state index in [1.807, 2.05) is 91.3 Å². The molecule has 0 radical (unpaired) electrons. The van der Waals surface area contributed by atoms with Crippen molar-refractivity contribution in [1.29, 1.82) is 0 Å². The summed E-state index contributed by atoms with van der Waals surface area (Å²) in [4.78, 5) is 17.2. The molecule has 1 heterocycles. The van der Waals surface area contributed by atoms with Crippen LogP contribution in [0.15, 0.2) is 79.1 Å². The van der Waals surface area contributed by atoms with Gasteiger partial charge in [0.15, 0.2) is 6.10 Å². The maximum absolute atomic E-state index is 12.9. The first-order valence-corrected chi connectivity index (χ1v) is 10.2. The Labute approximate surface area is 176 Å². The third-order valence-corrected chi connectivity index (χ3v) is 5.21. The summed E-state index contributed by atoms with van der Waals surface area (Å²) in [5, 5.41) is 5.14. The Bertz CT molecular complexity index is 1160. The van der Waals surface area contributed by atoms with E-state index in [9.17, 15) is 4.79 Å². The van der Waals surface area contributed by atoms with Gasteiger partial charge >= 0.3 is 0 Å². The molecule has 0 fully saturated rings. The number of aromatic nitrogens is 2. The molecular weight excluding hydrogens is 374 g/mol. The largest absolute Gasteiger partial charge is 0.480 e. The number of amides is 1. The minimum Gasteiger partial charge on any atom is -0.480 e. The van der Waals surface area contributed by atoms with Crippen molar-refractivity contribution in [2.45, 2.75) is 32.9 Å². The number of nitrogens with one attached hydrogen (secondary N) is 1. The van der Waals surface area contributed by atoms with Gasteiger partial charge in [0.05, 0.1) is 5.69 Å². The number of imidazole rings is 1. The molecule has 0 spiro atoms. The highest BCUT2D eigenvalue weighted by Gasteiger charge is 2.19. The van der Waals surface area contributed by atoms with Crippen molar-refractivity contribution in [3.63, 3.8) is 0 Å². The minimum absolute atomic E-state index is 0.123. The second kappa shape index (κ2) is 8.82. The summed E-state index contributed by atoms with van der Waals surface area (Å²) >= 11 is 0. The van der Waals surface area contributed by atoms with E-state index in [4.69, 9.17) is 4.74 Å². The van der Waals surface area contributed by atoms with Crippen LogP contribution >= 0.6 is 0 Å². The summed E-state index contributed by atoms with van der Waals surface area (Å²) in [6.07, 6.45) is 3.72. The zero-order valence-corrected chi connectivity index (χ0v) is 17.2. The van der Waals surface area contributed by atoms with Gasteiger partial charge in [-0.25, -0.2) is 4.98 Å². The van der Waals surface area contributed by atoms with E-state index in [0.29, 0.717) is 13.0 Å². The summed E-state index contributed by atoms with van der Waals surface area (Å²) in [7, 11) is 0. The summed E-state index contributed by atoms with van der Waals surface area (Å²) in [5.74, 6) is 1.51. The van der Waals surface area contributed by atoms with Crippen LogP contribution in [-0.4, -0.2) is 21.6 Å². The zero-order chi connectivity index (χ0) is 20.9. The lowest BCUT2D eigenvalue weighted by Crippen LogP contribution is -2.37. The lowest BCUT2D eigenvalue weighted by Gasteiger charge is -2.19. The van der Waals surface area contributed by atoms with E-state index in [2.05, 4.69) is 10.3 Å². The lowest BCUT2D eigenvalue weighted by atomic mass is 10.1. The summed E-state index contributed by atoms with van der Waals surface area (Å²) in [5.41, 5.74) is 2.03. The van der Waals surface area contributed by atoms with Gasteiger partial charge < -0.3 is 14.6 Å². The normalized spacial score (nSPS) is 11.9. The fourth-order valence-corrected chi connectivity index (χ4v) is 3.60. The molecule has 1 atom stereocenters. The quantitative estimate of drug-likeness (QED) is 0.485. The van der Waals surface area contributed by atoms with Crippen LogP contribution in [0.2, 0.25) is 0 Å². The predicted octanol–water partition coefficient (Wildman–Crippen LogP) is 4.81. The highest BCUT2D eigenvalue weighted by Crippen LogP contribution is 2.26. The number of benzene rings is 3. The standard InChI is InChI=1S/C25H25N3O2/c1-3-23(30-24-14-8-11-19-9-4-6-12-21(19)24)25(29)27-17-20-10-5-7-13-22(20)28-16-15-26-18(28)2/h4-16,23H,3,17H2,1-2H3,(H,27,29)/t23-/m1/s1. The van der Waals surface area contributed by atoms with Crippen molar-refractivity contribution in [1.82, 2.24) is 14.9 Å². The highest BCUT2D eigenvalue weighted by atomic mass is 16.5. The van der Waals surface area contributed by atoms with E-state index in [1.54, 1.807) is 6.20 Å². The van der Waals surface area contributed by atoms with E-state index in [1.165, 1.54) is 0 Å². The molecule has 4 rings (SSSR count). The topological polar surface area (TPSA) is 56.1 Å². The molecule has 1 N–H and O–H groups in total. The number of carbonyl (C=O) groups is 1. The van der Waals surface area contributed by atoms with Gasteiger partial charge in [0, 0.05) is 24.3 Å². The van der Waals surface area contributed by atoms with Crippen molar-refractivity contribution < 1.29 is 9.53 Å². The number of para-hydroxylation sites is 1. The monoisotopic (exact) mass is 399 g/mol. The van der Waals surface area contributed by atoms with Gasteiger partial charge in [-0.3, -0.25) is 4.79 Å². The number of hydrogen-bond donors (Lipinski definition) is 1. The van der Waals surface area contributed by atoms with Crippen molar-refractivity contribution >= 4 is 16.7 Å². The molecule has 152 valence electrons. The van der Waals surface area contributed by atoms with E-state index < -0.39 is 6.10 Å². The smallest absolute Gasteiger partial charge is 0.261 e. The number of nitrogens with zero attached hydrogens (tertiary/aromatic N) is 2. The number of aryl methyl sites for hydroxylation is 1. The van der Waals surface area contributed by atoms with Gasteiger partial charge in [0.2, 0.25) is 0 Å². The van der Waals surface area contributed by atoms with Crippen LogP contribution in [-0.2, 0) is 11.3 Å². The summed E-state index contributed by atoms with van der Waals surface area (Å²) in [6, 6.07) is 21.9. The number of carbonyl (C=O) groups excluding carboxylic acids is 1. The zero-order valence-electron chi connectivity index (χ0n) is 17.2. The molecule has 1 aromatic heterocycles. The molecule has 0 bridgehead atoms. The molecule has 0 saturated heterocycles. The average Bonchev–Trinajstić information content (AvgIpc) is 3.21. The van der Waals surface area contributed by atoms with Gasteiger partial charge in [-0.2, -0.15) is 0 Å². The summed E-state index contributed by atoms with van der Waals surface area (Å²) in [6.45, 7) is 4.33. The van der Waals surface area contributed by atoms with Crippen molar-refractivity contribution in [2.75, 3.05) is 0 Å². The van der Waals surface area contributed by atoms with E-state index in [-0.39, 0.29) is 5.91 Å². The molecule has 4 aromatic rings. The van der Waals surface area contributed by atoms with Crippen LogP contribution in [0, 0.1) is 6.92 Å². The second-order valence-electron chi connectivity index (χ2n) is 7.18. The van der Waals surface area contributed by atoms with Gasteiger partial charge in [-0.05, 0) is 36.4 Å². The molecule has 1 amide bonds. The van der Waals surface area contributed by atoms with Crippen LogP contribution < -0.4 is 10.1 Å². The Morgan fingerprint density at radius 1 is 1.07 bits per heavy atom. The molecule has 0 aliphatic carbocycles. The Balaban J connectivity index is 1.49. The maximum Gasteiger partial charge on any atom is 0.261 e. The first-order valence-electron chi connectivity index (χ1n) is 10.2. The Morgan fingerprint density at radius 2 is 1.83 bits per heavy atom. The number of hydrogen-bond acceptors (Lipinski definition) is 3. The highest BCUT2D eigenvalue weighted by molar-refractivity contribution is 5.89. The SMILES string of the molecule is CC[C@@H](Oc1cccc2ccccc12)C(=O)NCc1ccccc1-n1ccnc1C. The van der Waals surface area contributed by atoms with Crippen LogP contribution in [0.5, 0.6) is 5.75 Å². The Morgan fingerprint density at radius 3 is 2.63 bits per heavy atom. The maximum atomic E-state index is 12.9. The molecule has 30 heavy (non-hydrogen) atoms. The molecule has 0 saturated carbocycles. The second-order valence-corrected chi connectivity index (χ2v) is 7.18. The molecule has 5 heteroatoms. The van der Waals surface area contributed by atoms with Crippen LogP contribution in [0.25, 0.3) is 16.5 Å². The van der Waals surface area contributed by atoms with Crippen LogP contribution in [0.4, 0.5) is 0 Å². The van der Waals surface area contributed by atoms with Crippen molar-refractivity contribution in [3.05, 3.63) is 90.5 Å². The number of fused-ring (bicyclic) bond motifs is 1. The van der Waals surface area contributed by atoms with E-state index >= 15 is 0 Å². The molecule has 0 unspecified atom stereocenters. The third kappa shape index (κ3) is 4.06. The Hall–Kier alpha value is -3.60. The summed E-state index contributed by atoms with van der Waals surface area (Å²) < 4.78 is 8.14. The Kier molecular flexibility index (Phi) is 5.80. The fraction of sp³-hybridized carbons (Fsp3) is 0.200. The molecule has 0 aliphatic rings. The first kappa shape index (κ1) is 19.7. The number of ether oxygens (including phenoxy) is 1. The van der Waals surface area contributed by atoms with Gasteiger partial charge in [0.25, 0.3) is 5.91 Å². The van der Waals surface area contributed by atoms with Crippen molar-refractivity contribution in [3.8, 4) is 11.4 Å². The molecule has 0 aliphatic heterocycles. The molecule has 3 aromatic carbocycles. The van der Waals surface area contributed by atoms with Gasteiger partial charge in [0.1, 0.15) is 11.6 Å². The molecule has 5 nitrogen and oxygen atoms in total. The number of rotatable bonds is 7. The average molecular weight is 399 g/mol. The lowest BCUT2D eigenvalue weighted by molar-refractivity contribution is -0.128. The fourth-order valence-electron chi connectivity index (χ4n) is 3.60. The molecular formula is C25H25N3O2. The minimum atomic E-state index is -0.557. The van der Waals surface area contributed by atoms with Crippen LogP contribution in [0.1, 0.15) is 24.7 Å². The van der Waals surface area contributed by atoms with Gasteiger partial charge in [-0.1, -0.05) is 61.5 Å². The van der Waals surface area contributed by atoms with E-state index in [0.717, 1.165) is 33.6 Å². The third-order valence-electron chi connectivity index (χ3n) is 5.21.